The summed E-state index contributed by atoms with van der Waals surface area (Å²) in [6, 6.07) is 3.80. The van der Waals surface area contributed by atoms with Gasteiger partial charge in [0.15, 0.2) is 11.5 Å². The van der Waals surface area contributed by atoms with Crippen molar-refractivity contribution < 1.29 is 18.4 Å². The topological polar surface area (TPSA) is 44.8 Å². The van der Waals surface area contributed by atoms with Gasteiger partial charge in [0.1, 0.15) is 0 Å². The fourth-order valence-electron chi connectivity index (χ4n) is 1.76. The molecule has 1 aliphatic heterocycles. The first kappa shape index (κ1) is 14.8. The monoisotopic (exact) mass is 348 g/mol. The first-order chi connectivity index (χ1) is 9.20. The highest BCUT2D eigenvalue weighted by molar-refractivity contribution is 9.10. The quantitative estimate of drug-likeness (QED) is 0.819. The number of ether oxygens (including phenoxy) is 3. The summed E-state index contributed by atoms with van der Waals surface area (Å²) in [5, 5.41) is 0. The van der Waals surface area contributed by atoms with E-state index in [0.29, 0.717) is 31.3 Å². The van der Waals surface area contributed by atoms with Crippen molar-refractivity contribution in [2.24, 2.45) is 0 Å². The van der Waals surface area contributed by atoms with E-state index in [2.05, 4.69) is 15.9 Å². The van der Waals surface area contributed by atoms with Crippen LogP contribution >= 0.6 is 15.9 Å². The van der Waals surface area contributed by atoms with E-state index in [1.54, 1.807) is 7.11 Å². The molecule has 0 saturated carbocycles. The standard InChI is InChI=1S/C13H17BrO4S/c1-16-5-6-19(15)9-10-7-12-13(8-11(10)14)18-4-2-3-17-12/h7-8H,2-6,9H2,1H3/t19-/m0/s1. The van der Waals surface area contributed by atoms with Crippen molar-refractivity contribution in [1.82, 2.24) is 0 Å². The van der Waals surface area contributed by atoms with Crippen molar-refractivity contribution in [2.75, 3.05) is 32.7 Å². The normalized spacial score (nSPS) is 15.9. The Hall–Kier alpha value is -0.590. The molecule has 19 heavy (non-hydrogen) atoms. The van der Waals surface area contributed by atoms with Gasteiger partial charge in [0.25, 0.3) is 0 Å². The molecule has 1 aliphatic rings. The van der Waals surface area contributed by atoms with Crippen molar-refractivity contribution >= 4 is 26.7 Å². The second-order valence-electron chi connectivity index (χ2n) is 4.22. The molecule has 0 aromatic heterocycles. The molecule has 106 valence electrons. The number of fused-ring (bicyclic) bond motifs is 1. The lowest BCUT2D eigenvalue weighted by Crippen LogP contribution is -2.07. The second-order valence-corrected chi connectivity index (χ2v) is 6.65. The zero-order valence-electron chi connectivity index (χ0n) is 10.8. The molecule has 0 bridgehead atoms. The molecule has 0 amide bonds. The van der Waals surface area contributed by atoms with E-state index in [1.165, 1.54) is 0 Å². The first-order valence-electron chi connectivity index (χ1n) is 6.12. The van der Waals surface area contributed by atoms with Crippen molar-refractivity contribution in [3.8, 4) is 11.5 Å². The average molecular weight is 349 g/mol. The summed E-state index contributed by atoms with van der Waals surface area (Å²) in [6.07, 6.45) is 0.876. The number of methoxy groups -OCH3 is 1. The summed E-state index contributed by atoms with van der Waals surface area (Å²) in [6.45, 7) is 1.83. The highest BCUT2D eigenvalue weighted by Crippen LogP contribution is 2.35. The molecule has 0 radical (unpaired) electrons. The number of benzene rings is 1. The Bertz CT molecular complexity index is 464. The molecule has 6 heteroatoms. The lowest BCUT2D eigenvalue weighted by atomic mass is 10.2. The Morgan fingerprint density at radius 1 is 1.32 bits per heavy atom. The molecule has 0 fully saturated rings. The van der Waals surface area contributed by atoms with Crippen LogP contribution in [0.3, 0.4) is 0 Å². The van der Waals surface area contributed by atoms with E-state index in [1.807, 2.05) is 12.1 Å². The molecule has 1 heterocycles. The smallest absolute Gasteiger partial charge is 0.162 e. The van der Waals surface area contributed by atoms with Gasteiger partial charge in [-0.15, -0.1) is 0 Å². The molecular formula is C13H17BrO4S. The van der Waals surface area contributed by atoms with Gasteiger partial charge in [-0.2, -0.15) is 0 Å². The third-order valence-corrected chi connectivity index (χ3v) is 4.74. The fourth-order valence-corrected chi connectivity index (χ4v) is 3.49. The van der Waals surface area contributed by atoms with E-state index in [9.17, 15) is 4.21 Å². The molecule has 0 N–H and O–H groups in total. The zero-order chi connectivity index (χ0) is 13.7. The Morgan fingerprint density at radius 3 is 2.68 bits per heavy atom. The second kappa shape index (κ2) is 7.26. The SMILES string of the molecule is COCC[S@](=O)Cc1cc2c(cc1Br)OCCCO2. The maximum atomic E-state index is 11.9. The minimum atomic E-state index is -0.938. The van der Waals surface area contributed by atoms with Crippen LogP contribution in [-0.2, 0) is 21.3 Å². The summed E-state index contributed by atoms with van der Waals surface area (Å²) in [5.74, 6) is 2.51. The number of hydrogen-bond donors (Lipinski definition) is 0. The van der Waals surface area contributed by atoms with Crippen molar-refractivity contribution in [3.05, 3.63) is 22.2 Å². The van der Waals surface area contributed by atoms with Crippen LogP contribution in [-0.4, -0.2) is 36.9 Å². The van der Waals surface area contributed by atoms with Crippen LogP contribution in [0.4, 0.5) is 0 Å². The van der Waals surface area contributed by atoms with Gasteiger partial charge in [-0.05, 0) is 17.7 Å². The number of hydrogen-bond acceptors (Lipinski definition) is 4. The average Bonchev–Trinajstić information content (AvgIpc) is 2.62. The Labute approximate surface area is 124 Å². The highest BCUT2D eigenvalue weighted by atomic mass is 79.9. The van der Waals surface area contributed by atoms with Crippen molar-refractivity contribution in [3.63, 3.8) is 0 Å². The van der Waals surface area contributed by atoms with Crippen LogP contribution in [0.15, 0.2) is 16.6 Å². The van der Waals surface area contributed by atoms with Crippen LogP contribution in [0.5, 0.6) is 11.5 Å². The third-order valence-electron chi connectivity index (χ3n) is 2.75. The summed E-state index contributed by atoms with van der Waals surface area (Å²) in [4.78, 5) is 0. The van der Waals surface area contributed by atoms with Crippen molar-refractivity contribution in [1.29, 1.82) is 0 Å². The minimum Gasteiger partial charge on any atom is -0.490 e. The van der Waals surface area contributed by atoms with E-state index in [4.69, 9.17) is 14.2 Å². The predicted octanol–water partition coefficient (Wildman–Crippen LogP) is 2.51. The molecule has 0 saturated heterocycles. The van der Waals surface area contributed by atoms with Crippen LogP contribution in [0, 0.1) is 0 Å². The van der Waals surface area contributed by atoms with E-state index < -0.39 is 10.8 Å². The summed E-state index contributed by atoms with van der Waals surface area (Å²) < 4.78 is 29.0. The highest BCUT2D eigenvalue weighted by Gasteiger charge is 2.15. The zero-order valence-corrected chi connectivity index (χ0v) is 13.2. The van der Waals surface area contributed by atoms with Crippen molar-refractivity contribution in [2.45, 2.75) is 12.2 Å². The van der Waals surface area contributed by atoms with Gasteiger partial charge in [-0.25, -0.2) is 0 Å². The maximum Gasteiger partial charge on any atom is 0.162 e. The lowest BCUT2D eigenvalue weighted by molar-refractivity contribution is 0.218. The third kappa shape index (κ3) is 4.19. The number of rotatable bonds is 5. The minimum absolute atomic E-state index is 0.487. The van der Waals surface area contributed by atoms with Gasteiger partial charge in [-0.1, -0.05) is 15.9 Å². The van der Waals surface area contributed by atoms with E-state index in [0.717, 1.165) is 28.0 Å². The summed E-state index contributed by atoms with van der Waals surface area (Å²) in [7, 11) is 0.674. The molecular weight excluding hydrogens is 332 g/mol. The molecule has 0 spiro atoms. The van der Waals surface area contributed by atoms with E-state index in [-0.39, 0.29) is 0 Å². The predicted molar refractivity (Wildman–Crippen MR) is 78.3 cm³/mol. The maximum absolute atomic E-state index is 11.9. The van der Waals surface area contributed by atoms with Gasteiger partial charge in [0, 0.05) is 40.3 Å². The van der Waals surface area contributed by atoms with Crippen LogP contribution in [0.1, 0.15) is 12.0 Å². The van der Waals surface area contributed by atoms with E-state index >= 15 is 0 Å². The Balaban J connectivity index is 2.12. The molecule has 1 aromatic carbocycles. The fraction of sp³-hybridized carbons (Fsp3) is 0.538. The molecule has 0 unspecified atom stereocenters. The van der Waals surface area contributed by atoms with Gasteiger partial charge in [0.2, 0.25) is 0 Å². The largest absolute Gasteiger partial charge is 0.490 e. The molecule has 2 rings (SSSR count). The Kier molecular flexibility index (Phi) is 5.66. The molecule has 4 nitrogen and oxygen atoms in total. The lowest BCUT2D eigenvalue weighted by Gasteiger charge is -2.11. The first-order valence-corrected chi connectivity index (χ1v) is 8.40. The van der Waals surface area contributed by atoms with Gasteiger partial charge in [-0.3, -0.25) is 4.21 Å². The molecule has 0 aliphatic carbocycles. The molecule has 1 atom stereocenters. The number of halogens is 1. The van der Waals surface area contributed by atoms with Gasteiger partial charge < -0.3 is 14.2 Å². The summed E-state index contributed by atoms with van der Waals surface area (Å²) >= 11 is 3.50. The summed E-state index contributed by atoms with van der Waals surface area (Å²) in [5.41, 5.74) is 0.971. The van der Waals surface area contributed by atoms with Crippen LogP contribution < -0.4 is 9.47 Å². The van der Waals surface area contributed by atoms with Gasteiger partial charge >= 0.3 is 0 Å². The Morgan fingerprint density at radius 2 is 2.00 bits per heavy atom. The van der Waals surface area contributed by atoms with Crippen LogP contribution in [0.2, 0.25) is 0 Å². The van der Waals surface area contributed by atoms with Crippen LogP contribution in [0.25, 0.3) is 0 Å². The van der Waals surface area contributed by atoms with Gasteiger partial charge in [0.05, 0.1) is 19.8 Å². The molecule has 1 aromatic rings.